The van der Waals surface area contributed by atoms with Crippen molar-refractivity contribution in [2.75, 3.05) is 0 Å². The first-order valence-electron chi connectivity index (χ1n) is 6.22. The van der Waals surface area contributed by atoms with Gasteiger partial charge in [0, 0.05) is 6.04 Å². The number of hydrogen-bond donors (Lipinski definition) is 1. The van der Waals surface area contributed by atoms with E-state index < -0.39 is 0 Å². The number of hydrogen-bond acceptors (Lipinski definition) is 1. The highest BCUT2D eigenvalue weighted by atomic mass is 19.1. The van der Waals surface area contributed by atoms with Crippen LogP contribution in [0.25, 0.3) is 0 Å². The van der Waals surface area contributed by atoms with E-state index in [9.17, 15) is 4.39 Å². The number of rotatable bonds is 7. The molecule has 1 rings (SSSR count). The molecular formula is C14H22FN. The molecule has 0 aliphatic carbocycles. The second-order valence-electron chi connectivity index (χ2n) is 4.44. The lowest BCUT2D eigenvalue weighted by atomic mass is 10.0. The average molecular weight is 223 g/mol. The summed E-state index contributed by atoms with van der Waals surface area (Å²) in [5.41, 5.74) is 7.16. The molecule has 0 saturated heterocycles. The fraction of sp³-hybridized carbons (Fsp3) is 0.571. The van der Waals surface area contributed by atoms with E-state index in [0.29, 0.717) is 0 Å². The minimum absolute atomic E-state index is 0.180. The summed E-state index contributed by atoms with van der Waals surface area (Å²) >= 11 is 0. The van der Waals surface area contributed by atoms with Crippen molar-refractivity contribution in [1.82, 2.24) is 0 Å². The highest BCUT2D eigenvalue weighted by Crippen LogP contribution is 2.10. The third-order valence-corrected chi connectivity index (χ3v) is 2.84. The van der Waals surface area contributed by atoms with Crippen LogP contribution in [0.15, 0.2) is 24.3 Å². The summed E-state index contributed by atoms with van der Waals surface area (Å²) in [5.74, 6) is -0.180. The lowest BCUT2D eigenvalue weighted by molar-refractivity contribution is 0.545. The average Bonchev–Trinajstić information content (AvgIpc) is 2.28. The van der Waals surface area contributed by atoms with Crippen LogP contribution in [-0.4, -0.2) is 6.04 Å². The summed E-state index contributed by atoms with van der Waals surface area (Å²) in [6, 6.07) is 6.85. The van der Waals surface area contributed by atoms with E-state index in [4.69, 9.17) is 5.73 Å². The van der Waals surface area contributed by atoms with Crippen LogP contribution in [0.5, 0.6) is 0 Å². The van der Waals surface area contributed by atoms with Crippen LogP contribution in [0.4, 0.5) is 4.39 Å². The zero-order valence-corrected chi connectivity index (χ0v) is 10.1. The minimum atomic E-state index is -0.180. The van der Waals surface area contributed by atoms with Gasteiger partial charge in [-0.3, -0.25) is 0 Å². The molecule has 2 heteroatoms. The van der Waals surface area contributed by atoms with Gasteiger partial charge in [0.15, 0.2) is 0 Å². The Hall–Kier alpha value is -0.890. The van der Waals surface area contributed by atoms with Crippen molar-refractivity contribution in [1.29, 1.82) is 0 Å². The molecule has 1 atom stereocenters. The van der Waals surface area contributed by atoms with E-state index >= 15 is 0 Å². The van der Waals surface area contributed by atoms with Crippen LogP contribution in [0.1, 0.15) is 44.6 Å². The monoisotopic (exact) mass is 223 g/mol. The van der Waals surface area contributed by atoms with E-state index in [1.807, 2.05) is 12.1 Å². The van der Waals surface area contributed by atoms with Gasteiger partial charge in [-0.25, -0.2) is 4.39 Å². The summed E-state index contributed by atoms with van der Waals surface area (Å²) in [4.78, 5) is 0. The van der Waals surface area contributed by atoms with Crippen LogP contribution in [-0.2, 0) is 6.42 Å². The molecule has 0 heterocycles. The Bertz CT molecular complexity index is 281. The van der Waals surface area contributed by atoms with Gasteiger partial charge in [0.1, 0.15) is 5.82 Å². The summed E-state index contributed by atoms with van der Waals surface area (Å²) in [6.45, 7) is 2.21. The SMILES string of the molecule is CCCCCCC(N)Cc1ccc(F)cc1. The second-order valence-corrected chi connectivity index (χ2v) is 4.44. The maximum atomic E-state index is 12.7. The van der Waals surface area contributed by atoms with E-state index in [1.165, 1.54) is 37.8 Å². The fourth-order valence-electron chi connectivity index (χ4n) is 1.86. The smallest absolute Gasteiger partial charge is 0.123 e. The number of unbranched alkanes of at least 4 members (excludes halogenated alkanes) is 3. The molecule has 0 aromatic heterocycles. The third kappa shape index (κ3) is 5.26. The topological polar surface area (TPSA) is 26.0 Å². The Morgan fingerprint density at radius 2 is 1.81 bits per heavy atom. The molecule has 0 radical (unpaired) electrons. The lowest BCUT2D eigenvalue weighted by Crippen LogP contribution is -2.22. The van der Waals surface area contributed by atoms with Crippen LogP contribution in [0.3, 0.4) is 0 Å². The van der Waals surface area contributed by atoms with Crippen molar-refractivity contribution in [2.45, 2.75) is 51.5 Å². The molecule has 1 nitrogen and oxygen atoms in total. The predicted molar refractivity (Wildman–Crippen MR) is 66.8 cm³/mol. The van der Waals surface area contributed by atoms with Gasteiger partial charge in [0.2, 0.25) is 0 Å². The first kappa shape index (κ1) is 13.2. The maximum absolute atomic E-state index is 12.7. The Kier molecular flexibility index (Phi) is 6.09. The van der Waals surface area contributed by atoms with Gasteiger partial charge in [-0.05, 0) is 30.5 Å². The Morgan fingerprint density at radius 1 is 1.12 bits per heavy atom. The molecule has 2 N–H and O–H groups in total. The van der Waals surface area contributed by atoms with Gasteiger partial charge < -0.3 is 5.73 Å². The molecule has 90 valence electrons. The Balaban J connectivity index is 2.23. The van der Waals surface area contributed by atoms with E-state index in [0.717, 1.165) is 18.4 Å². The predicted octanol–water partition coefficient (Wildman–Crippen LogP) is 3.67. The second kappa shape index (κ2) is 7.39. The molecular weight excluding hydrogens is 201 g/mol. The van der Waals surface area contributed by atoms with Gasteiger partial charge >= 0.3 is 0 Å². The van der Waals surface area contributed by atoms with Gasteiger partial charge in [0.05, 0.1) is 0 Å². The highest BCUT2D eigenvalue weighted by molar-refractivity contribution is 5.16. The molecule has 0 spiro atoms. The van der Waals surface area contributed by atoms with Gasteiger partial charge in [0.25, 0.3) is 0 Å². The molecule has 1 aromatic rings. The standard InChI is InChI=1S/C14H22FN/c1-2-3-4-5-6-14(16)11-12-7-9-13(15)10-8-12/h7-10,14H,2-6,11,16H2,1H3. The first-order chi connectivity index (χ1) is 7.72. The molecule has 0 bridgehead atoms. The quantitative estimate of drug-likeness (QED) is 0.701. The van der Waals surface area contributed by atoms with Crippen LogP contribution < -0.4 is 5.73 Å². The van der Waals surface area contributed by atoms with Crippen LogP contribution in [0, 0.1) is 5.82 Å². The minimum Gasteiger partial charge on any atom is -0.327 e. The van der Waals surface area contributed by atoms with Crippen molar-refractivity contribution < 1.29 is 4.39 Å². The molecule has 0 aliphatic rings. The van der Waals surface area contributed by atoms with Crippen LogP contribution in [0.2, 0.25) is 0 Å². The van der Waals surface area contributed by atoms with E-state index in [2.05, 4.69) is 6.92 Å². The fourth-order valence-corrected chi connectivity index (χ4v) is 1.86. The molecule has 1 unspecified atom stereocenters. The molecule has 1 aromatic carbocycles. The van der Waals surface area contributed by atoms with Crippen LogP contribution >= 0.6 is 0 Å². The molecule has 0 fully saturated rings. The largest absolute Gasteiger partial charge is 0.327 e. The molecule has 0 aliphatic heterocycles. The van der Waals surface area contributed by atoms with Crippen molar-refractivity contribution in [2.24, 2.45) is 5.73 Å². The van der Waals surface area contributed by atoms with Crippen molar-refractivity contribution >= 4 is 0 Å². The van der Waals surface area contributed by atoms with Gasteiger partial charge in [-0.1, -0.05) is 44.7 Å². The number of halogens is 1. The molecule has 16 heavy (non-hydrogen) atoms. The maximum Gasteiger partial charge on any atom is 0.123 e. The summed E-state index contributed by atoms with van der Waals surface area (Å²) in [7, 11) is 0. The summed E-state index contributed by atoms with van der Waals surface area (Å²) < 4.78 is 12.7. The van der Waals surface area contributed by atoms with Crippen molar-refractivity contribution in [3.05, 3.63) is 35.6 Å². The number of nitrogens with two attached hydrogens (primary N) is 1. The summed E-state index contributed by atoms with van der Waals surface area (Å²) in [6.07, 6.45) is 6.95. The van der Waals surface area contributed by atoms with E-state index in [-0.39, 0.29) is 11.9 Å². The third-order valence-electron chi connectivity index (χ3n) is 2.84. The van der Waals surface area contributed by atoms with Crippen molar-refractivity contribution in [3.8, 4) is 0 Å². The molecule has 0 amide bonds. The normalized spacial score (nSPS) is 12.7. The number of benzene rings is 1. The lowest BCUT2D eigenvalue weighted by Gasteiger charge is -2.11. The zero-order valence-electron chi connectivity index (χ0n) is 10.1. The van der Waals surface area contributed by atoms with Crippen molar-refractivity contribution in [3.63, 3.8) is 0 Å². The van der Waals surface area contributed by atoms with E-state index in [1.54, 1.807) is 0 Å². The Morgan fingerprint density at radius 3 is 2.44 bits per heavy atom. The zero-order chi connectivity index (χ0) is 11.8. The van der Waals surface area contributed by atoms with Gasteiger partial charge in [-0.15, -0.1) is 0 Å². The first-order valence-corrected chi connectivity index (χ1v) is 6.22. The Labute approximate surface area is 97.9 Å². The summed E-state index contributed by atoms with van der Waals surface area (Å²) in [5, 5.41) is 0. The van der Waals surface area contributed by atoms with Gasteiger partial charge in [-0.2, -0.15) is 0 Å². The highest BCUT2D eigenvalue weighted by Gasteiger charge is 2.03. The molecule has 0 saturated carbocycles.